The average Bonchev–Trinajstić information content (AvgIpc) is 2.89. The molecular formula is C12H9FN2S. The van der Waals surface area contributed by atoms with Gasteiger partial charge in [-0.15, -0.1) is 11.3 Å². The summed E-state index contributed by atoms with van der Waals surface area (Å²) >= 11 is 1.63. The normalized spacial score (nSPS) is 11.1. The van der Waals surface area contributed by atoms with E-state index in [0.29, 0.717) is 0 Å². The van der Waals surface area contributed by atoms with Gasteiger partial charge in [-0.25, -0.2) is 9.37 Å². The van der Waals surface area contributed by atoms with Gasteiger partial charge >= 0.3 is 0 Å². The molecule has 4 heteroatoms. The Morgan fingerprint density at radius 2 is 2.25 bits per heavy atom. The molecule has 3 aromatic rings. The molecule has 2 nitrogen and oxygen atoms in total. The summed E-state index contributed by atoms with van der Waals surface area (Å²) in [5, 5.41) is 3.94. The number of hydrogen-bond donors (Lipinski definition) is 0. The predicted octanol–water partition coefficient (Wildman–Crippen LogP) is 3.29. The van der Waals surface area contributed by atoms with Crippen molar-refractivity contribution in [2.45, 2.75) is 6.54 Å². The maximum Gasteiger partial charge on any atom is 0.123 e. The van der Waals surface area contributed by atoms with Crippen molar-refractivity contribution in [1.82, 2.24) is 9.55 Å². The molecule has 0 bridgehead atoms. The minimum Gasteiger partial charge on any atom is -0.341 e. The Morgan fingerprint density at radius 3 is 3.06 bits per heavy atom. The first-order valence-electron chi connectivity index (χ1n) is 4.96. The maximum atomic E-state index is 13.0. The fraction of sp³-hybridized carbons (Fsp3) is 0.0833. The summed E-state index contributed by atoms with van der Waals surface area (Å²) < 4.78 is 15.1. The smallest absolute Gasteiger partial charge is 0.123 e. The van der Waals surface area contributed by atoms with Crippen molar-refractivity contribution in [2.24, 2.45) is 0 Å². The van der Waals surface area contributed by atoms with Gasteiger partial charge in [-0.05, 0) is 24.3 Å². The molecule has 0 spiro atoms. The summed E-state index contributed by atoms with van der Waals surface area (Å²) in [5.41, 5.74) is 1.04. The summed E-state index contributed by atoms with van der Waals surface area (Å²) in [4.78, 5) is 4.24. The van der Waals surface area contributed by atoms with Crippen molar-refractivity contribution in [1.29, 1.82) is 0 Å². The SMILES string of the molecule is Fc1ccc2c(ccn2Cc2nccs2)c1. The van der Waals surface area contributed by atoms with Crippen LogP contribution in [0.25, 0.3) is 10.9 Å². The molecule has 0 atom stereocenters. The van der Waals surface area contributed by atoms with Gasteiger partial charge in [0.15, 0.2) is 0 Å². The van der Waals surface area contributed by atoms with E-state index in [-0.39, 0.29) is 5.82 Å². The second-order valence-corrected chi connectivity index (χ2v) is 4.55. The van der Waals surface area contributed by atoms with Gasteiger partial charge in [0.1, 0.15) is 10.8 Å². The molecule has 0 aliphatic heterocycles. The van der Waals surface area contributed by atoms with Crippen molar-refractivity contribution in [2.75, 3.05) is 0 Å². The number of fused-ring (bicyclic) bond motifs is 1. The quantitative estimate of drug-likeness (QED) is 0.663. The number of rotatable bonds is 2. The molecule has 0 aliphatic carbocycles. The summed E-state index contributed by atoms with van der Waals surface area (Å²) in [6.07, 6.45) is 3.76. The average molecular weight is 232 g/mol. The van der Waals surface area contributed by atoms with E-state index < -0.39 is 0 Å². The lowest BCUT2D eigenvalue weighted by atomic mass is 10.2. The Balaban J connectivity index is 2.04. The fourth-order valence-corrected chi connectivity index (χ4v) is 2.40. The number of thiazole rings is 1. The first-order valence-corrected chi connectivity index (χ1v) is 5.84. The molecule has 80 valence electrons. The molecule has 0 saturated carbocycles. The summed E-state index contributed by atoms with van der Waals surface area (Å²) in [7, 11) is 0. The van der Waals surface area contributed by atoms with E-state index in [1.165, 1.54) is 6.07 Å². The number of hydrogen-bond acceptors (Lipinski definition) is 2. The third-order valence-corrected chi connectivity index (χ3v) is 3.29. The van der Waals surface area contributed by atoms with Gasteiger partial charge in [0.2, 0.25) is 0 Å². The van der Waals surface area contributed by atoms with E-state index in [9.17, 15) is 4.39 Å². The molecule has 0 saturated heterocycles. The zero-order valence-electron chi connectivity index (χ0n) is 8.43. The Kier molecular flexibility index (Phi) is 2.22. The van der Waals surface area contributed by atoms with Crippen LogP contribution in [0.15, 0.2) is 42.0 Å². The Hall–Kier alpha value is -1.68. The highest BCUT2D eigenvalue weighted by molar-refractivity contribution is 7.09. The molecule has 0 amide bonds. The molecule has 16 heavy (non-hydrogen) atoms. The van der Waals surface area contributed by atoms with Crippen LogP contribution in [0.2, 0.25) is 0 Å². The van der Waals surface area contributed by atoms with Gasteiger partial charge in [-0.1, -0.05) is 0 Å². The number of aromatic nitrogens is 2. The first-order chi connectivity index (χ1) is 7.83. The first kappa shape index (κ1) is 9.54. The van der Waals surface area contributed by atoms with Gasteiger partial charge in [-0.3, -0.25) is 0 Å². The minimum absolute atomic E-state index is 0.195. The zero-order chi connectivity index (χ0) is 11.0. The second kappa shape index (κ2) is 3.72. The number of halogens is 1. The summed E-state index contributed by atoms with van der Waals surface area (Å²) in [6.45, 7) is 0.743. The zero-order valence-corrected chi connectivity index (χ0v) is 9.25. The van der Waals surface area contributed by atoms with Crippen LogP contribution in [0.3, 0.4) is 0 Å². The number of nitrogens with zero attached hydrogens (tertiary/aromatic N) is 2. The fourth-order valence-electron chi connectivity index (χ4n) is 1.79. The van der Waals surface area contributed by atoms with Gasteiger partial charge in [0.05, 0.1) is 6.54 Å². The standard InChI is InChI=1S/C12H9FN2S/c13-10-1-2-11-9(7-10)3-5-15(11)8-12-14-4-6-16-12/h1-7H,8H2. The molecule has 0 unspecified atom stereocenters. The molecule has 1 aromatic carbocycles. The summed E-state index contributed by atoms with van der Waals surface area (Å²) in [6, 6.07) is 6.76. The van der Waals surface area contributed by atoms with Crippen molar-refractivity contribution in [3.05, 3.63) is 52.9 Å². The van der Waals surface area contributed by atoms with Crippen LogP contribution >= 0.6 is 11.3 Å². The Labute approximate surface area is 96.0 Å². The van der Waals surface area contributed by atoms with E-state index >= 15 is 0 Å². The van der Waals surface area contributed by atoms with Crippen LogP contribution in [0.4, 0.5) is 4.39 Å². The van der Waals surface area contributed by atoms with Gasteiger partial charge in [0.25, 0.3) is 0 Å². The highest BCUT2D eigenvalue weighted by atomic mass is 32.1. The number of benzene rings is 1. The van der Waals surface area contributed by atoms with Crippen molar-refractivity contribution in [3.8, 4) is 0 Å². The molecule has 2 aromatic heterocycles. The lowest BCUT2D eigenvalue weighted by Crippen LogP contribution is -1.96. The molecule has 3 rings (SSSR count). The van der Waals surface area contributed by atoms with E-state index in [4.69, 9.17) is 0 Å². The topological polar surface area (TPSA) is 17.8 Å². The molecule has 0 aliphatic rings. The van der Waals surface area contributed by atoms with E-state index in [2.05, 4.69) is 9.55 Å². The Bertz CT molecular complexity index is 613. The molecule has 0 N–H and O–H groups in total. The van der Waals surface area contributed by atoms with Crippen LogP contribution in [0.1, 0.15) is 5.01 Å². The third-order valence-electron chi connectivity index (χ3n) is 2.52. The third kappa shape index (κ3) is 1.61. The molecule has 0 radical (unpaired) electrons. The van der Waals surface area contributed by atoms with Crippen LogP contribution in [0, 0.1) is 5.82 Å². The van der Waals surface area contributed by atoms with Gasteiger partial charge < -0.3 is 4.57 Å². The van der Waals surface area contributed by atoms with E-state index in [1.807, 2.05) is 17.6 Å². The van der Waals surface area contributed by atoms with Crippen LogP contribution < -0.4 is 0 Å². The highest BCUT2D eigenvalue weighted by Gasteiger charge is 2.03. The predicted molar refractivity (Wildman–Crippen MR) is 63.1 cm³/mol. The second-order valence-electron chi connectivity index (χ2n) is 3.57. The van der Waals surface area contributed by atoms with Crippen LogP contribution in [-0.4, -0.2) is 9.55 Å². The maximum absolute atomic E-state index is 13.0. The lowest BCUT2D eigenvalue weighted by Gasteiger charge is -2.02. The van der Waals surface area contributed by atoms with Crippen LogP contribution in [0.5, 0.6) is 0 Å². The summed E-state index contributed by atoms with van der Waals surface area (Å²) in [5.74, 6) is -0.195. The molecular weight excluding hydrogens is 223 g/mol. The van der Waals surface area contributed by atoms with Crippen molar-refractivity contribution < 1.29 is 4.39 Å². The van der Waals surface area contributed by atoms with Crippen LogP contribution in [-0.2, 0) is 6.54 Å². The molecule has 2 heterocycles. The van der Waals surface area contributed by atoms with Crippen molar-refractivity contribution >= 4 is 22.2 Å². The molecule has 0 fully saturated rings. The monoisotopic (exact) mass is 232 g/mol. The largest absolute Gasteiger partial charge is 0.341 e. The lowest BCUT2D eigenvalue weighted by molar-refractivity contribution is 0.629. The highest BCUT2D eigenvalue weighted by Crippen LogP contribution is 2.18. The minimum atomic E-state index is -0.195. The van der Waals surface area contributed by atoms with Gasteiger partial charge in [0, 0.05) is 28.7 Å². The van der Waals surface area contributed by atoms with Crippen molar-refractivity contribution in [3.63, 3.8) is 0 Å². The van der Waals surface area contributed by atoms with Gasteiger partial charge in [-0.2, -0.15) is 0 Å². The van der Waals surface area contributed by atoms with E-state index in [1.54, 1.807) is 29.7 Å². The Morgan fingerprint density at radius 1 is 1.31 bits per heavy atom. The van der Waals surface area contributed by atoms with E-state index in [0.717, 1.165) is 22.5 Å².